The molecular formula is C21H13ClO5. The minimum atomic E-state index is -1.26. The molecule has 0 amide bonds. The molecule has 0 fully saturated rings. The predicted octanol–water partition coefficient (Wildman–Crippen LogP) is 4.40. The molecule has 0 radical (unpaired) electrons. The van der Waals surface area contributed by atoms with Crippen LogP contribution in [0.2, 0.25) is 0 Å². The van der Waals surface area contributed by atoms with Crippen LogP contribution in [0, 0.1) is 0 Å². The van der Waals surface area contributed by atoms with Crippen molar-refractivity contribution in [2.75, 3.05) is 0 Å². The molecule has 1 atom stereocenters. The summed E-state index contributed by atoms with van der Waals surface area (Å²) in [5.74, 6) is 0.315. The number of fused-ring (bicyclic) bond motifs is 6. The number of hydrogen-bond donors (Lipinski definition) is 2. The summed E-state index contributed by atoms with van der Waals surface area (Å²) in [5, 5.41) is 20.0. The van der Waals surface area contributed by atoms with Crippen molar-refractivity contribution in [3.05, 3.63) is 82.4 Å². The van der Waals surface area contributed by atoms with Crippen LogP contribution in [0.25, 0.3) is 0 Å². The topological polar surface area (TPSA) is 76.0 Å². The fraction of sp³-hybridized carbons (Fsp3) is 0.0952. The average molecular weight is 381 g/mol. The van der Waals surface area contributed by atoms with E-state index in [1.807, 2.05) is 12.1 Å². The van der Waals surface area contributed by atoms with Crippen LogP contribution >= 0.6 is 11.6 Å². The first kappa shape index (κ1) is 16.0. The first-order valence-electron chi connectivity index (χ1n) is 8.31. The van der Waals surface area contributed by atoms with Crippen molar-refractivity contribution in [1.29, 1.82) is 0 Å². The van der Waals surface area contributed by atoms with Gasteiger partial charge in [-0.15, -0.1) is 11.6 Å². The largest absolute Gasteiger partial charge is 0.508 e. The molecule has 5 rings (SSSR count). The molecule has 0 bridgehead atoms. The van der Waals surface area contributed by atoms with E-state index in [0.29, 0.717) is 39.3 Å². The van der Waals surface area contributed by atoms with E-state index in [9.17, 15) is 15.0 Å². The summed E-state index contributed by atoms with van der Waals surface area (Å²) in [5.41, 5.74) is 1.62. The highest BCUT2D eigenvalue weighted by atomic mass is 35.5. The number of alkyl halides is 1. The van der Waals surface area contributed by atoms with Crippen LogP contribution in [0.4, 0.5) is 0 Å². The molecule has 27 heavy (non-hydrogen) atoms. The number of carbonyl (C=O) groups excluding carboxylic acids is 1. The maximum atomic E-state index is 12.7. The third-order valence-electron chi connectivity index (χ3n) is 5.00. The quantitative estimate of drug-likeness (QED) is 0.483. The summed E-state index contributed by atoms with van der Waals surface area (Å²) >= 11 is 6.17. The zero-order chi connectivity index (χ0) is 18.8. The predicted molar refractivity (Wildman–Crippen MR) is 97.6 cm³/mol. The van der Waals surface area contributed by atoms with E-state index in [0.717, 1.165) is 0 Å². The van der Waals surface area contributed by atoms with Crippen LogP contribution in [0.1, 0.15) is 32.6 Å². The van der Waals surface area contributed by atoms with Crippen LogP contribution < -0.4 is 4.74 Å². The highest BCUT2D eigenvalue weighted by Gasteiger charge is 2.54. The van der Waals surface area contributed by atoms with Gasteiger partial charge in [-0.05, 0) is 29.8 Å². The molecule has 3 aromatic rings. The van der Waals surface area contributed by atoms with Gasteiger partial charge in [0.25, 0.3) is 0 Å². The number of carbonyl (C=O) groups is 1. The van der Waals surface area contributed by atoms with Gasteiger partial charge in [0.15, 0.2) is 5.60 Å². The molecule has 0 saturated heterocycles. The van der Waals surface area contributed by atoms with Crippen LogP contribution in [-0.2, 0) is 16.2 Å². The molecule has 3 aromatic carbocycles. The van der Waals surface area contributed by atoms with Gasteiger partial charge in [0.05, 0.1) is 11.1 Å². The van der Waals surface area contributed by atoms with Gasteiger partial charge in [-0.3, -0.25) is 0 Å². The van der Waals surface area contributed by atoms with Crippen molar-refractivity contribution in [2.24, 2.45) is 0 Å². The number of aromatic hydroxyl groups is 2. The Morgan fingerprint density at radius 2 is 1.70 bits per heavy atom. The minimum absolute atomic E-state index is 0.0132. The Kier molecular flexibility index (Phi) is 3.21. The summed E-state index contributed by atoms with van der Waals surface area (Å²) in [7, 11) is 0. The van der Waals surface area contributed by atoms with Gasteiger partial charge in [-0.1, -0.05) is 18.2 Å². The number of phenolic OH excluding ortho intramolecular Hbond substituents is 2. The monoisotopic (exact) mass is 380 g/mol. The van der Waals surface area contributed by atoms with E-state index in [1.165, 1.54) is 24.3 Å². The lowest BCUT2D eigenvalue weighted by Gasteiger charge is -2.37. The SMILES string of the molecule is O=C1OC2(c3ccc(O)cc3Oc3cc(O)cc(CCl)c32)c2ccccc21. The van der Waals surface area contributed by atoms with Crippen molar-refractivity contribution in [3.63, 3.8) is 0 Å². The average Bonchev–Trinajstić information content (AvgIpc) is 2.94. The van der Waals surface area contributed by atoms with Crippen molar-refractivity contribution >= 4 is 17.6 Å². The number of benzene rings is 3. The molecule has 2 heterocycles. The Hall–Kier alpha value is -3.18. The molecule has 5 nitrogen and oxygen atoms in total. The van der Waals surface area contributed by atoms with Crippen LogP contribution in [-0.4, -0.2) is 16.2 Å². The third-order valence-corrected chi connectivity index (χ3v) is 5.29. The summed E-state index contributed by atoms with van der Waals surface area (Å²) < 4.78 is 11.9. The first-order valence-corrected chi connectivity index (χ1v) is 8.84. The zero-order valence-corrected chi connectivity index (χ0v) is 14.7. The van der Waals surface area contributed by atoms with Gasteiger partial charge in [0.1, 0.15) is 23.0 Å². The Morgan fingerprint density at radius 3 is 2.52 bits per heavy atom. The molecule has 0 aliphatic carbocycles. The lowest BCUT2D eigenvalue weighted by atomic mass is 9.76. The van der Waals surface area contributed by atoms with Crippen LogP contribution in [0.5, 0.6) is 23.0 Å². The number of esters is 1. The highest BCUT2D eigenvalue weighted by molar-refractivity contribution is 6.17. The standard InChI is InChI=1S/C21H13ClO5/c22-10-11-7-13(24)9-18-19(11)21(16-6-5-12(23)8-17(16)26-18)15-4-2-1-3-14(15)20(25)27-21/h1-9,23-24H,10H2. The van der Waals surface area contributed by atoms with Crippen molar-refractivity contribution in [1.82, 2.24) is 0 Å². The van der Waals surface area contributed by atoms with Crippen molar-refractivity contribution in [3.8, 4) is 23.0 Å². The van der Waals surface area contributed by atoms with E-state index < -0.39 is 11.6 Å². The number of ether oxygens (including phenoxy) is 2. The second-order valence-electron chi connectivity index (χ2n) is 6.51. The smallest absolute Gasteiger partial charge is 0.340 e. The van der Waals surface area contributed by atoms with Gasteiger partial charge in [-0.25, -0.2) is 4.79 Å². The third kappa shape index (κ3) is 2.03. The first-order chi connectivity index (χ1) is 13.0. The molecule has 6 heteroatoms. The molecule has 2 aliphatic rings. The van der Waals surface area contributed by atoms with E-state index >= 15 is 0 Å². The normalized spacial score (nSPS) is 19.1. The molecule has 0 aromatic heterocycles. The lowest BCUT2D eigenvalue weighted by molar-refractivity contribution is 0.0222. The van der Waals surface area contributed by atoms with Crippen molar-refractivity contribution in [2.45, 2.75) is 11.5 Å². The second-order valence-corrected chi connectivity index (χ2v) is 6.78. The molecule has 134 valence electrons. The maximum absolute atomic E-state index is 12.7. The number of hydrogen-bond acceptors (Lipinski definition) is 5. The van der Waals surface area contributed by atoms with E-state index in [-0.39, 0.29) is 17.4 Å². The van der Waals surface area contributed by atoms with Gasteiger partial charge >= 0.3 is 5.97 Å². The summed E-state index contributed by atoms with van der Waals surface area (Å²) in [6.07, 6.45) is 0. The molecular weight excluding hydrogens is 368 g/mol. The Bertz CT molecular complexity index is 1120. The van der Waals surface area contributed by atoms with Gasteiger partial charge in [0, 0.05) is 29.1 Å². The maximum Gasteiger partial charge on any atom is 0.340 e. The van der Waals surface area contributed by atoms with Crippen LogP contribution in [0.3, 0.4) is 0 Å². The molecule has 2 aliphatic heterocycles. The molecule has 1 unspecified atom stereocenters. The molecule has 1 spiro atoms. The Labute approximate surface area is 159 Å². The number of phenols is 2. The lowest BCUT2D eigenvalue weighted by Crippen LogP contribution is -2.34. The summed E-state index contributed by atoms with van der Waals surface area (Å²) in [4.78, 5) is 12.7. The molecule has 0 saturated carbocycles. The summed E-state index contributed by atoms with van der Waals surface area (Å²) in [6, 6.07) is 14.8. The minimum Gasteiger partial charge on any atom is -0.508 e. The fourth-order valence-corrected chi connectivity index (χ4v) is 4.20. The highest BCUT2D eigenvalue weighted by Crippen LogP contribution is 2.58. The second kappa shape index (κ2) is 5.41. The number of halogens is 1. The van der Waals surface area contributed by atoms with E-state index in [2.05, 4.69) is 0 Å². The summed E-state index contributed by atoms with van der Waals surface area (Å²) in [6.45, 7) is 0. The zero-order valence-electron chi connectivity index (χ0n) is 13.9. The van der Waals surface area contributed by atoms with Gasteiger partial charge in [-0.2, -0.15) is 0 Å². The van der Waals surface area contributed by atoms with E-state index in [1.54, 1.807) is 18.2 Å². The fourth-order valence-electron chi connectivity index (χ4n) is 3.98. The Morgan fingerprint density at radius 1 is 0.926 bits per heavy atom. The molecule has 2 N–H and O–H groups in total. The van der Waals surface area contributed by atoms with Crippen LogP contribution in [0.15, 0.2) is 54.6 Å². The van der Waals surface area contributed by atoms with E-state index in [4.69, 9.17) is 21.1 Å². The van der Waals surface area contributed by atoms with Gasteiger partial charge in [0.2, 0.25) is 0 Å². The number of rotatable bonds is 1. The van der Waals surface area contributed by atoms with Crippen molar-refractivity contribution < 1.29 is 24.5 Å². The van der Waals surface area contributed by atoms with Gasteiger partial charge < -0.3 is 19.7 Å². The Balaban J connectivity index is 1.94.